The van der Waals surface area contributed by atoms with Crippen molar-refractivity contribution in [2.24, 2.45) is 11.1 Å². The molecule has 0 saturated carbocycles. The number of amides is 1. The van der Waals surface area contributed by atoms with Gasteiger partial charge in [0.15, 0.2) is 0 Å². The molecule has 118 valence electrons. The van der Waals surface area contributed by atoms with E-state index < -0.39 is 10.0 Å². The summed E-state index contributed by atoms with van der Waals surface area (Å²) >= 11 is 12.1. The maximum absolute atomic E-state index is 11.9. The van der Waals surface area contributed by atoms with Crippen LogP contribution in [0.15, 0.2) is 11.0 Å². The van der Waals surface area contributed by atoms with E-state index in [1.54, 1.807) is 0 Å². The molecule has 1 aromatic carbocycles. The topological polar surface area (TPSA) is 89.3 Å². The number of rotatable bonds is 5. The van der Waals surface area contributed by atoms with Crippen molar-refractivity contribution in [3.05, 3.63) is 21.7 Å². The minimum Gasteiger partial charge on any atom is -0.324 e. The number of carbonyl (C=O) groups excluding carboxylic acids is 1. The van der Waals surface area contributed by atoms with Crippen LogP contribution in [-0.2, 0) is 14.8 Å². The summed E-state index contributed by atoms with van der Waals surface area (Å²) in [4.78, 5) is 11.8. The first kappa shape index (κ1) is 18.2. The van der Waals surface area contributed by atoms with Gasteiger partial charge in [-0.3, -0.25) is 4.79 Å². The number of hydrogen-bond donors (Lipinski definition) is 2. The van der Waals surface area contributed by atoms with E-state index >= 15 is 0 Å². The van der Waals surface area contributed by atoms with Crippen molar-refractivity contribution < 1.29 is 13.2 Å². The van der Waals surface area contributed by atoms with E-state index in [1.165, 1.54) is 13.0 Å². The van der Waals surface area contributed by atoms with E-state index in [0.29, 0.717) is 6.42 Å². The van der Waals surface area contributed by atoms with Crippen molar-refractivity contribution in [1.29, 1.82) is 0 Å². The van der Waals surface area contributed by atoms with E-state index in [2.05, 4.69) is 5.32 Å². The van der Waals surface area contributed by atoms with Crippen LogP contribution in [0.1, 0.15) is 32.3 Å². The highest BCUT2D eigenvalue weighted by molar-refractivity contribution is 7.89. The molecule has 0 radical (unpaired) electrons. The molecule has 1 unspecified atom stereocenters. The molecule has 8 heteroatoms. The lowest BCUT2D eigenvalue weighted by Crippen LogP contribution is -2.17. The van der Waals surface area contributed by atoms with Gasteiger partial charge in [0.1, 0.15) is 0 Å². The minimum atomic E-state index is -3.93. The maximum Gasteiger partial charge on any atom is 0.238 e. The highest BCUT2D eigenvalue weighted by atomic mass is 35.5. The summed E-state index contributed by atoms with van der Waals surface area (Å²) in [7, 11) is -3.93. The zero-order valence-corrected chi connectivity index (χ0v) is 14.4. The number of hydrogen-bond acceptors (Lipinski definition) is 3. The van der Waals surface area contributed by atoms with Crippen LogP contribution in [0.5, 0.6) is 0 Å². The van der Waals surface area contributed by atoms with Gasteiger partial charge in [-0.15, -0.1) is 0 Å². The number of nitrogens with one attached hydrogen (secondary N) is 1. The third-order valence-corrected chi connectivity index (χ3v) is 5.02. The fourth-order valence-corrected chi connectivity index (χ4v) is 3.24. The van der Waals surface area contributed by atoms with Gasteiger partial charge in [0.05, 0.1) is 20.6 Å². The minimum absolute atomic E-state index is 0.0344. The molecule has 0 aliphatic rings. The monoisotopic (exact) mass is 352 g/mol. The fourth-order valence-electron chi connectivity index (χ4n) is 1.76. The number of nitrogens with two attached hydrogens (primary N) is 1. The normalized spacial score (nSPS) is 13.0. The number of sulfonamides is 1. The predicted octanol–water partition coefficient (Wildman–Crippen LogP) is 3.32. The van der Waals surface area contributed by atoms with Crippen LogP contribution in [0, 0.1) is 12.8 Å². The zero-order chi connectivity index (χ0) is 16.4. The van der Waals surface area contributed by atoms with Gasteiger partial charge in [0, 0.05) is 6.42 Å². The summed E-state index contributed by atoms with van der Waals surface area (Å²) in [5.74, 6) is 0.00301. The molecular weight excluding hydrogens is 335 g/mol. The van der Waals surface area contributed by atoms with Crippen molar-refractivity contribution in [3.8, 4) is 0 Å². The Kier molecular flexibility index (Phi) is 6.04. The van der Waals surface area contributed by atoms with E-state index in [1.807, 2.05) is 13.8 Å². The Morgan fingerprint density at radius 3 is 2.48 bits per heavy atom. The van der Waals surface area contributed by atoms with Gasteiger partial charge in [-0.2, -0.15) is 0 Å². The van der Waals surface area contributed by atoms with E-state index in [0.717, 1.165) is 6.42 Å². The van der Waals surface area contributed by atoms with E-state index in [9.17, 15) is 13.2 Å². The Balaban J connectivity index is 3.17. The van der Waals surface area contributed by atoms with Crippen LogP contribution in [0.2, 0.25) is 10.0 Å². The van der Waals surface area contributed by atoms with Gasteiger partial charge in [-0.05, 0) is 24.5 Å². The van der Waals surface area contributed by atoms with Crippen LogP contribution in [0.4, 0.5) is 5.69 Å². The number of anilines is 1. The molecule has 1 amide bonds. The first-order valence-electron chi connectivity index (χ1n) is 6.39. The summed E-state index contributed by atoms with van der Waals surface area (Å²) in [6.45, 7) is 5.45. The van der Waals surface area contributed by atoms with Gasteiger partial charge in [0.2, 0.25) is 15.9 Å². The summed E-state index contributed by atoms with van der Waals surface area (Å²) in [5, 5.41) is 7.83. The summed E-state index contributed by atoms with van der Waals surface area (Å²) in [6, 6.07) is 1.19. The zero-order valence-electron chi connectivity index (χ0n) is 12.0. The molecule has 1 rings (SSSR count). The molecule has 1 aromatic rings. The SMILES string of the molecule is CCC(C)CC(=O)Nc1c(Cl)cc(S(N)(=O)=O)c(C)c1Cl. The lowest BCUT2D eigenvalue weighted by atomic mass is 10.0. The first-order chi connectivity index (χ1) is 9.57. The average molecular weight is 353 g/mol. The molecule has 1 atom stereocenters. The molecule has 0 fully saturated rings. The van der Waals surface area contributed by atoms with Gasteiger partial charge in [-0.1, -0.05) is 43.5 Å². The Hall–Kier alpha value is -0.820. The highest BCUT2D eigenvalue weighted by Crippen LogP contribution is 2.37. The molecular formula is C13H18Cl2N2O3S. The molecule has 3 N–H and O–H groups in total. The molecule has 21 heavy (non-hydrogen) atoms. The lowest BCUT2D eigenvalue weighted by molar-refractivity contribution is -0.117. The molecule has 0 spiro atoms. The molecule has 0 bridgehead atoms. The Morgan fingerprint density at radius 2 is 2.00 bits per heavy atom. The Morgan fingerprint density at radius 1 is 1.43 bits per heavy atom. The predicted molar refractivity (Wildman–Crippen MR) is 85.3 cm³/mol. The van der Waals surface area contributed by atoms with E-state index in [4.69, 9.17) is 28.3 Å². The molecule has 0 aliphatic carbocycles. The van der Waals surface area contributed by atoms with Crippen LogP contribution in [0.25, 0.3) is 0 Å². The van der Waals surface area contributed by atoms with Crippen LogP contribution < -0.4 is 10.5 Å². The molecule has 0 aliphatic heterocycles. The summed E-state index contributed by atoms with van der Waals surface area (Å²) in [5.41, 5.74) is 0.457. The molecule has 0 saturated heterocycles. The van der Waals surface area contributed by atoms with E-state index in [-0.39, 0.29) is 38.0 Å². The smallest absolute Gasteiger partial charge is 0.238 e. The number of carbonyl (C=O) groups is 1. The Bertz CT molecular complexity index is 660. The number of benzene rings is 1. The first-order valence-corrected chi connectivity index (χ1v) is 8.69. The van der Waals surface area contributed by atoms with Gasteiger partial charge in [0.25, 0.3) is 0 Å². The van der Waals surface area contributed by atoms with Crippen LogP contribution >= 0.6 is 23.2 Å². The fraction of sp³-hybridized carbons (Fsp3) is 0.462. The average Bonchev–Trinajstić information content (AvgIpc) is 2.37. The highest BCUT2D eigenvalue weighted by Gasteiger charge is 2.21. The maximum atomic E-state index is 11.9. The second-order valence-electron chi connectivity index (χ2n) is 4.98. The van der Waals surface area contributed by atoms with Gasteiger partial charge < -0.3 is 5.32 Å². The summed E-state index contributed by atoms with van der Waals surface area (Å²) < 4.78 is 22.9. The number of halogens is 2. The standard InChI is InChI=1S/C13H18Cl2N2O3S/c1-4-7(2)5-11(18)17-13-9(14)6-10(21(16,19)20)8(3)12(13)15/h6-7H,4-5H2,1-3H3,(H,17,18)(H2,16,19,20). The Labute approximate surface area is 134 Å². The van der Waals surface area contributed by atoms with Crippen molar-refractivity contribution in [2.75, 3.05) is 5.32 Å². The molecule has 0 aromatic heterocycles. The van der Waals surface area contributed by atoms with Gasteiger partial charge >= 0.3 is 0 Å². The second kappa shape index (κ2) is 6.96. The molecule has 0 heterocycles. The largest absolute Gasteiger partial charge is 0.324 e. The van der Waals surface area contributed by atoms with Crippen molar-refractivity contribution in [3.63, 3.8) is 0 Å². The lowest BCUT2D eigenvalue weighted by Gasteiger charge is -2.15. The quantitative estimate of drug-likeness (QED) is 0.851. The van der Waals surface area contributed by atoms with Crippen molar-refractivity contribution in [2.45, 2.75) is 38.5 Å². The summed E-state index contributed by atoms with van der Waals surface area (Å²) in [6.07, 6.45) is 1.21. The van der Waals surface area contributed by atoms with Crippen molar-refractivity contribution in [1.82, 2.24) is 0 Å². The second-order valence-corrected chi connectivity index (χ2v) is 7.30. The third-order valence-electron chi connectivity index (χ3n) is 3.22. The third kappa shape index (κ3) is 4.57. The van der Waals surface area contributed by atoms with Gasteiger partial charge in [-0.25, -0.2) is 13.6 Å². The number of primary sulfonamides is 1. The molecule has 5 nitrogen and oxygen atoms in total. The van der Waals surface area contributed by atoms with Crippen LogP contribution in [0.3, 0.4) is 0 Å². The van der Waals surface area contributed by atoms with Crippen LogP contribution in [-0.4, -0.2) is 14.3 Å². The van der Waals surface area contributed by atoms with Crippen molar-refractivity contribution >= 4 is 44.8 Å².